The number of oxazole rings is 1. The van der Waals surface area contributed by atoms with E-state index in [0.717, 1.165) is 31.0 Å². The summed E-state index contributed by atoms with van der Waals surface area (Å²) < 4.78 is 5.34. The van der Waals surface area contributed by atoms with Crippen molar-refractivity contribution in [3.63, 3.8) is 0 Å². The summed E-state index contributed by atoms with van der Waals surface area (Å²) in [6.07, 6.45) is 2.35. The van der Waals surface area contributed by atoms with E-state index >= 15 is 0 Å². The van der Waals surface area contributed by atoms with Crippen molar-refractivity contribution in [1.82, 2.24) is 10.3 Å². The van der Waals surface area contributed by atoms with Crippen LogP contribution in [0.5, 0.6) is 0 Å². The molecular weight excluding hydrogens is 362 g/mol. The lowest BCUT2D eigenvalue weighted by Crippen LogP contribution is -2.24. The first-order valence-corrected chi connectivity index (χ1v) is 9.13. The number of likely N-dealkylation sites (N-methyl/N-ethyl adjacent to an activating group) is 1. The molecule has 0 fully saturated rings. The fourth-order valence-electron chi connectivity index (χ4n) is 2.87. The monoisotopic (exact) mass is 383 g/mol. The van der Waals surface area contributed by atoms with Crippen LogP contribution in [0.3, 0.4) is 0 Å². The van der Waals surface area contributed by atoms with Gasteiger partial charge in [-0.3, -0.25) is 4.79 Å². The SMILES string of the molecule is CN1CCNCc2ccccc21.Cc1cnc(-c2ccc(C=O)c(Cl)c2)o1. The number of anilines is 1. The summed E-state index contributed by atoms with van der Waals surface area (Å²) >= 11 is 5.89. The lowest BCUT2D eigenvalue weighted by atomic mass is 10.1. The molecule has 140 valence electrons. The molecular formula is C21H22ClN3O2. The van der Waals surface area contributed by atoms with Gasteiger partial charge in [-0.2, -0.15) is 0 Å². The number of aromatic nitrogens is 1. The number of fused-ring (bicyclic) bond motifs is 1. The molecule has 0 unspecified atom stereocenters. The Kier molecular flexibility index (Phi) is 6.27. The number of rotatable bonds is 2. The summed E-state index contributed by atoms with van der Waals surface area (Å²) in [6.45, 7) is 4.99. The maximum Gasteiger partial charge on any atom is 0.226 e. The molecule has 0 bridgehead atoms. The summed E-state index contributed by atoms with van der Waals surface area (Å²) in [4.78, 5) is 16.9. The number of nitrogens with zero attached hydrogens (tertiary/aromatic N) is 2. The molecule has 1 aliphatic rings. The van der Waals surface area contributed by atoms with Gasteiger partial charge in [0.15, 0.2) is 6.29 Å². The fourth-order valence-corrected chi connectivity index (χ4v) is 3.09. The first-order valence-electron chi connectivity index (χ1n) is 8.76. The Balaban J connectivity index is 0.000000159. The summed E-state index contributed by atoms with van der Waals surface area (Å²) in [6, 6.07) is 13.6. The third-order valence-electron chi connectivity index (χ3n) is 4.34. The highest BCUT2D eigenvalue weighted by Crippen LogP contribution is 2.24. The molecule has 2 aromatic carbocycles. The standard InChI is InChI=1S/C11H8ClNO2.C10H14N2/c1-7-5-13-11(15-7)8-2-3-9(6-14)10(12)4-8;1-12-7-6-11-8-9-4-2-3-5-10(9)12/h2-6H,1H3;2-5,11H,6-8H2,1H3. The number of para-hydroxylation sites is 1. The molecule has 0 amide bonds. The van der Waals surface area contributed by atoms with Crippen LogP contribution in [0.4, 0.5) is 5.69 Å². The second-order valence-corrected chi connectivity index (χ2v) is 6.76. The Hall–Kier alpha value is -2.63. The van der Waals surface area contributed by atoms with Crippen molar-refractivity contribution in [1.29, 1.82) is 0 Å². The van der Waals surface area contributed by atoms with E-state index in [1.54, 1.807) is 24.4 Å². The van der Waals surface area contributed by atoms with Crippen molar-refractivity contribution in [3.05, 3.63) is 70.6 Å². The first-order chi connectivity index (χ1) is 13.1. The molecule has 0 atom stereocenters. The minimum atomic E-state index is 0.401. The largest absolute Gasteiger partial charge is 0.441 e. The fraction of sp³-hybridized carbons (Fsp3) is 0.238. The number of aryl methyl sites for hydroxylation is 1. The van der Waals surface area contributed by atoms with Crippen LogP contribution in [-0.2, 0) is 6.54 Å². The Morgan fingerprint density at radius 3 is 2.78 bits per heavy atom. The van der Waals surface area contributed by atoms with Crippen LogP contribution in [0.2, 0.25) is 5.02 Å². The van der Waals surface area contributed by atoms with Gasteiger partial charge in [-0.1, -0.05) is 29.8 Å². The predicted molar refractivity (Wildman–Crippen MR) is 108 cm³/mol. The maximum absolute atomic E-state index is 10.6. The molecule has 1 aromatic heterocycles. The van der Waals surface area contributed by atoms with Crippen LogP contribution in [0.1, 0.15) is 21.7 Å². The number of hydrogen-bond donors (Lipinski definition) is 1. The summed E-state index contributed by atoms with van der Waals surface area (Å²) in [5, 5.41) is 3.79. The third kappa shape index (κ3) is 4.76. The normalized spacial score (nSPS) is 13.2. The third-order valence-corrected chi connectivity index (χ3v) is 4.67. The van der Waals surface area contributed by atoms with Crippen LogP contribution in [0.25, 0.3) is 11.5 Å². The van der Waals surface area contributed by atoms with Crippen molar-refractivity contribution >= 4 is 23.6 Å². The summed E-state index contributed by atoms with van der Waals surface area (Å²) in [7, 11) is 2.14. The molecule has 0 radical (unpaired) electrons. The van der Waals surface area contributed by atoms with Gasteiger partial charge in [0.1, 0.15) is 5.76 Å². The Morgan fingerprint density at radius 1 is 1.26 bits per heavy atom. The van der Waals surface area contributed by atoms with Gasteiger partial charge in [-0.15, -0.1) is 0 Å². The second-order valence-electron chi connectivity index (χ2n) is 6.36. The highest BCUT2D eigenvalue weighted by atomic mass is 35.5. The average Bonchev–Trinajstić information content (AvgIpc) is 3.03. The molecule has 4 rings (SSSR count). The molecule has 2 heterocycles. The summed E-state index contributed by atoms with van der Waals surface area (Å²) in [5.74, 6) is 1.24. The van der Waals surface area contributed by atoms with E-state index in [0.29, 0.717) is 22.8 Å². The molecule has 1 N–H and O–H groups in total. The van der Waals surface area contributed by atoms with E-state index in [1.807, 2.05) is 6.92 Å². The minimum absolute atomic E-state index is 0.401. The van der Waals surface area contributed by atoms with Gasteiger partial charge in [-0.25, -0.2) is 4.98 Å². The smallest absolute Gasteiger partial charge is 0.226 e. The number of aldehydes is 1. The molecule has 0 spiro atoms. The zero-order valence-corrected chi connectivity index (χ0v) is 16.2. The lowest BCUT2D eigenvalue weighted by Gasteiger charge is -2.18. The van der Waals surface area contributed by atoms with Gasteiger partial charge in [0, 0.05) is 43.5 Å². The van der Waals surface area contributed by atoms with Crippen LogP contribution in [-0.4, -0.2) is 31.4 Å². The van der Waals surface area contributed by atoms with E-state index in [2.05, 4.69) is 46.5 Å². The van der Waals surface area contributed by atoms with E-state index < -0.39 is 0 Å². The number of halogens is 1. The summed E-state index contributed by atoms with van der Waals surface area (Å²) in [5.41, 5.74) is 3.99. The molecule has 1 aliphatic heterocycles. The molecule has 6 heteroatoms. The molecule has 0 aliphatic carbocycles. The van der Waals surface area contributed by atoms with Gasteiger partial charge in [-0.05, 0) is 36.8 Å². The van der Waals surface area contributed by atoms with Crippen molar-refractivity contribution in [3.8, 4) is 11.5 Å². The number of carbonyl (C=O) groups is 1. The topological polar surface area (TPSA) is 58.4 Å². The minimum Gasteiger partial charge on any atom is -0.441 e. The van der Waals surface area contributed by atoms with Gasteiger partial charge in [0.2, 0.25) is 5.89 Å². The van der Waals surface area contributed by atoms with Crippen LogP contribution in [0, 0.1) is 6.92 Å². The lowest BCUT2D eigenvalue weighted by molar-refractivity contribution is 0.112. The zero-order chi connectivity index (χ0) is 19.2. The van der Waals surface area contributed by atoms with Crippen molar-refractivity contribution in [2.24, 2.45) is 0 Å². The number of carbonyl (C=O) groups excluding carboxylic acids is 1. The molecule has 5 nitrogen and oxygen atoms in total. The van der Waals surface area contributed by atoms with Crippen LogP contribution in [0.15, 0.2) is 53.1 Å². The van der Waals surface area contributed by atoms with E-state index in [4.69, 9.17) is 16.0 Å². The highest BCUT2D eigenvalue weighted by Gasteiger charge is 2.09. The van der Waals surface area contributed by atoms with Crippen LogP contribution >= 0.6 is 11.6 Å². The number of benzene rings is 2. The van der Waals surface area contributed by atoms with Gasteiger partial charge >= 0.3 is 0 Å². The van der Waals surface area contributed by atoms with Crippen molar-refractivity contribution in [2.45, 2.75) is 13.5 Å². The first kappa shape index (κ1) is 19.1. The van der Waals surface area contributed by atoms with Gasteiger partial charge in [0.05, 0.1) is 11.2 Å². The second kappa shape index (κ2) is 8.84. The molecule has 0 saturated carbocycles. The zero-order valence-electron chi connectivity index (χ0n) is 15.4. The number of nitrogens with one attached hydrogen (secondary N) is 1. The highest BCUT2D eigenvalue weighted by molar-refractivity contribution is 6.33. The Labute approximate surface area is 164 Å². The Morgan fingerprint density at radius 2 is 2.07 bits per heavy atom. The molecule has 3 aromatic rings. The Bertz CT molecular complexity index is 923. The van der Waals surface area contributed by atoms with Gasteiger partial charge in [0.25, 0.3) is 0 Å². The number of hydrogen-bond acceptors (Lipinski definition) is 5. The molecule has 27 heavy (non-hydrogen) atoms. The van der Waals surface area contributed by atoms with Gasteiger partial charge < -0.3 is 14.6 Å². The van der Waals surface area contributed by atoms with Crippen molar-refractivity contribution in [2.75, 3.05) is 25.0 Å². The van der Waals surface area contributed by atoms with Crippen LogP contribution < -0.4 is 10.2 Å². The quantitative estimate of drug-likeness (QED) is 0.667. The predicted octanol–water partition coefficient (Wildman–Crippen LogP) is 4.34. The van der Waals surface area contributed by atoms with E-state index in [-0.39, 0.29) is 0 Å². The van der Waals surface area contributed by atoms with E-state index in [9.17, 15) is 4.79 Å². The average molecular weight is 384 g/mol. The van der Waals surface area contributed by atoms with E-state index in [1.165, 1.54) is 11.3 Å². The maximum atomic E-state index is 10.6. The van der Waals surface area contributed by atoms with Crippen molar-refractivity contribution < 1.29 is 9.21 Å². The molecule has 0 saturated heterocycles.